The molecule has 28 heavy (non-hydrogen) atoms. The van der Waals surface area contributed by atoms with Crippen LogP contribution in [-0.2, 0) is 9.53 Å². The van der Waals surface area contributed by atoms with Crippen LogP contribution in [0.3, 0.4) is 0 Å². The number of fused-ring (bicyclic) bond motifs is 1. The Hall–Kier alpha value is -3.34. The molecule has 0 fully saturated rings. The lowest BCUT2D eigenvalue weighted by molar-refractivity contribution is -0.121. The third kappa shape index (κ3) is 4.14. The fraction of sp³-hybridized carbons (Fsp3) is 0.217. The molecule has 0 heterocycles. The Labute approximate surface area is 165 Å². The fourth-order valence-electron chi connectivity index (χ4n) is 3.11. The molecule has 0 spiro atoms. The van der Waals surface area contributed by atoms with Crippen LogP contribution in [0.5, 0.6) is 0 Å². The predicted octanol–water partition coefficient (Wildman–Crippen LogP) is 4.12. The van der Waals surface area contributed by atoms with Gasteiger partial charge >= 0.3 is 5.97 Å². The SMILES string of the molecule is CCN(C(=O)COC(=O)c1ccc(N(C)C)cc1)c1cccc2ccccc12. The van der Waals surface area contributed by atoms with E-state index in [2.05, 4.69) is 0 Å². The van der Waals surface area contributed by atoms with E-state index in [1.165, 1.54) is 0 Å². The number of anilines is 2. The molecule has 0 aromatic heterocycles. The molecule has 0 aliphatic rings. The minimum atomic E-state index is -0.507. The molecule has 0 radical (unpaired) electrons. The molecule has 3 aromatic rings. The summed E-state index contributed by atoms with van der Waals surface area (Å²) in [6, 6.07) is 20.8. The first kappa shape index (κ1) is 19.4. The number of ether oxygens (including phenoxy) is 1. The molecule has 5 heteroatoms. The first-order valence-electron chi connectivity index (χ1n) is 9.24. The molecule has 5 nitrogen and oxygen atoms in total. The van der Waals surface area contributed by atoms with Crippen molar-refractivity contribution in [2.24, 2.45) is 0 Å². The maximum Gasteiger partial charge on any atom is 0.338 e. The highest BCUT2D eigenvalue weighted by molar-refractivity contribution is 6.04. The monoisotopic (exact) mass is 376 g/mol. The summed E-state index contributed by atoms with van der Waals surface area (Å²) in [5.41, 5.74) is 2.23. The molecule has 0 N–H and O–H groups in total. The Morgan fingerprint density at radius 2 is 1.57 bits per heavy atom. The van der Waals surface area contributed by atoms with Gasteiger partial charge in [-0.3, -0.25) is 4.79 Å². The second-order valence-electron chi connectivity index (χ2n) is 6.65. The molecule has 0 aliphatic heterocycles. The summed E-state index contributed by atoms with van der Waals surface area (Å²) in [5, 5.41) is 2.05. The van der Waals surface area contributed by atoms with E-state index < -0.39 is 5.97 Å². The Morgan fingerprint density at radius 3 is 2.25 bits per heavy atom. The summed E-state index contributed by atoms with van der Waals surface area (Å²) in [6.07, 6.45) is 0. The zero-order valence-corrected chi connectivity index (χ0v) is 16.4. The number of rotatable bonds is 6. The normalized spacial score (nSPS) is 10.5. The highest BCUT2D eigenvalue weighted by Gasteiger charge is 2.18. The lowest BCUT2D eigenvalue weighted by Gasteiger charge is -2.22. The van der Waals surface area contributed by atoms with Crippen LogP contribution in [-0.4, -0.2) is 39.1 Å². The van der Waals surface area contributed by atoms with Crippen molar-refractivity contribution in [3.63, 3.8) is 0 Å². The minimum Gasteiger partial charge on any atom is -0.452 e. The van der Waals surface area contributed by atoms with Gasteiger partial charge in [0, 0.05) is 31.7 Å². The number of hydrogen-bond acceptors (Lipinski definition) is 4. The van der Waals surface area contributed by atoms with Crippen LogP contribution in [0.1, 0.15) is 17.3 Å². The van der Waals surface area contributed by atoms with Gasteiger partial charge in [0.15, 0.2) is 6.61 Å². The van der Waals surface area contributed by atoms with Crippen molar-refractivity contribution < 1.29 is 14.3 Å². The molecule has 0 saturated heterocycles. The summed E-state index contributed by atoms with van der Waals surface area (Å²) in [5.74, 6) is -0.759. The second kappa shape index (κ2) is 8.57. The minimum absolute atomic E-state index is 0.253. The number of carbonyl (C=O) groups excluding carboxylic acids is 2. The van der Waals surface area contributed by atoms with Crippen LogP contribution in [0.15, 0.2) is 66.7 Å². The fourth-order valence-corrected chi connectivity index (χ4v) is 3.11. The lowest BCUT2D eigenvalue weighted by atomic mass is 10.1. The first-order valence-corrected chi connectivity index (χ1v) is 9.24. The van der Waals surface area contributed by atoms with Gasteiger partial charge in [0.25, 0.3) is 5.91 Å². The van der Waals surface area contributed by atoms with Gasteiger partial charge in [0.1, 0.15) is 0 Å². The molecule has 0 saturated carbocycles. The van der Waals surface area contributed by atoms with E-state index in [0.29, 0.717) is 12.1 Å². The number of hydrogen-bond donors (Lipinski definition) is 0. The summed E-state index contributed by atoms with van der Waals surface area (Å²) in [6.45, 7) is 2.09. The van der Waals surface area contributed by atoms with Gasteiger partial charge in [-0.25, -0.2) is 4.79 Å². The van der Waals surface area contributed by atoms with E-state index >= 15 is 0 Å². The Morgan fingerprint density at radius 1 is 0.893 bits per heavy atom. The van der Waals surface area contributed by atoms with E-state index in [9.17, 15) is 9.59 Å². The molecule has 0 aliphatic carbocycles. The summed E-state index contributed by atoms with van der Waals surface area (Å²) < 4.78 is 5.26. The second-order valence-corrected chi connectivity index (χ2v) is 6.65. The van der Waals surface area contributed by atoms with Gasteiger partial charge in [-0.2, -0.15) is 0 Å². The third-order valence-electron chi connectivity index (χ3n) is 4.62. The predicted molar refractivity (Wildman–Crippen MR) is 113 cm³/mol. The molecule has 0 bridgehead atoms. The van der Waals surface area contributed by atoms with Crippen molar-refractivity contribution in [1.29, 1.82) is 0 Å². The lowest BCUT2D eigenvalue weighted by Crippen LogP contribution is -2.34. The van der Waals surface area contributed by atoms with Gasteiger partial charge in [-0.05, 0) is 42.6 Å². The quantitative estimate of drug-likeness (QED) is 0.608. The van der Waals surface area contributed by atoms with E-state index in [1.54, 1.807) is 17.0 Å². The molecule has 3 rings (SSSR count). The maximum atomic E-state index is 12.7. The van der Waals surface area contributed by atoms with Crippen LogP contribution in [0.4, 0.5) is 11.4 Å². The zero-order valence-electron chi connectivity index (χ0n) is 16.4. The van der Waals surface area contributed by atoms with Crippen molar-refractivity contribution in [1.82, 2.24) is 0 Å². The smallest absolute Gasteiger partial charge is 0.338 e. The molecular formula is C23H24N2O3. The third-order valence-corrected chi connectivity index (χ3v) is 4.62. The van der Waals surface area contributed by atoms with Gasteiger partial charge in [0.2, 0.25) is 0 Å². The number of nitrogens with zero attached hydrogens (tertiary/aromatic N) is 2. The van der Waals surface area contributed by atoms with Gasteiger partial charge in [0.05, 0.1) is 11.3 Å². The summed E-state index contributed by atoms with van der Waals surface area (Å²) in [4.78, 5) is 28.6. The largest absolute Gasteiger partial charge is 0.452 e. The molecular weight excluding hydrogens is 352 g/mol. The summed E-state index contributed by atoms with van der Waals surface area (Å²) >= 11 is 0. The van der Waals surface area contributed by atoms with Crippen LogP contribution in [0, 0.1) is 0 Å². The van der Waals surface area contributed by atoms with Gasteiger partial charge < -0.3 is 14.5 Å². The van der Waals surface area contributed by atoms with Crippen molar-refractivity contribution in [2.45, 2.75) is 6.92 Å². The highest BCUT2D eigenvalue weighted by Crippen LogP contribution is 2.26. The van der Waals surface area contributed by atoms with Crippen molar-refractivity contribution in [3.05, 3.63) is 72.3 Å². The molecule has 3 aromatic carbocycles. The van der Waals surface area contributed by atoms with E-state index in [-0.39, 0.29) is 12.5 Å². The van der Waals surface area contributed by atoms with Crippen LogP contribution in [0.2, 0.25) is 0 Å². The van der Waals surface area contributed by atoms with Crippen molar-refractivity contribution >= 4 is 34.0 Å². The van der Waals surface area contributed by atoms with Gasteiger partial charge in [-0.15, -0.1) is 0 Å². The molecule has 0 unspecified atom stereocenters. The topological polar surface area (TPSA) is 49.9 Å². The van der Waals surface area contributed by atoms with E-state index in [0.717, 1.165) is 22.1 Å². The highest BCUT2D eigenvalue weighted by atomic mass is 16.5. The number of benzene rings is 3. The van der Waals surface area contributed by atoms with Crippen molar-refractivity contribution in [2.75, 3.05) is 37.0 Å². The Kier molecular flexibility index (Phi) is 5.94. The maximum absolute atomic E-state index is 12.7. The average Bonchev–Trinajstić information content (AvgIpc) is 2.72. The molecule has 144 valence electrons. The van der Waals surface area contributed by atoms with Crippen LogP contribution >= 0.6 is 0 Å². The average molecular weight is 376 g/mol. The number of likely N-dealkylation sites (N-methyl/N-ethyl adjacent to an activating group) is 1. The van der Waals surface area contributed by atoms with Gasteiger partial charge in [-0.1, -0.05) is 36.4 Å². The Balaban J connectivity index is 1.71. The zero-order chi connectivity index (χ0) is 20.1. The standard InChI is InChI=1S/C23H24N2O3/c1-4-25(21-11-7-9-17-8-5-6-10-20(17)21)22(26)16-28-23(27)18-12-14-19(15-13-18)24(2)3/h5-15H,4,16H2,1-3H3. The van der Waals surface area contributed by atoms with Crippen LogP contribution < -0.4 is 9.80 Å². The first-order chi connectivity index (χ1) is 13.5. The van der Waals surface area contributed by atoms with E-state index in [4.69, 9.17) is 4.74 Å². The van der Waals surface area contributed by atoms with E-state index in [1.807, 2.05) is 80.5 Å². The molecule has 1 amide bonds. The number of esters is 1. The Bertz CT molecular complexity index is 975. The van der Waals surface area contributed by atoms with Crippen LogP contribution in [0.25, 0.3) is 10.8 Å². The van der Waals surface area contributed by atoms with Crippen molar-refractivity contribution in [3.8, 4) is 0 Å². The number of carbonyl (C=O) groups is 2. The molecule has 0 atom stereocenters. The number of amides is 1. The summed E-state index contributed by atoms with van der Waals surface area (Å²) in [7, 11) is 3.86.